The molecule has 0 bridgehead atoms. The number of aromatic nitrogens is 4. The first-order chi connectivity index (χ1) is 7.58. The Morgan fingerprint density at radius 2 is 1.94 bits per heavy atom. The van der Waals surface area contributed by atoms with Crippen molar-refractivity contribution in [3.63, 3.8) is 0 Å². The van der Waals surface area contributed by atoms with Crippen LogP contribution < -0.4 is 0 Å². The third-order valence-corrected chi connectivity index (χ3v) is 3.40. The predicted octanol–water partition coefficient (Wildman–Crippen LogP) is 0.184. The topological polar surface area (TPSA) is 77.7 Å². The molecule has 1 heterocycles. The van der Waals surface area contributed by atoms with Gasteiger partial charge in [0.2, 0.25) is 9.84 Å². The summed E-state index contributed by atoms with van der Waals surface area (Å²) in [6.45, 7) is 0. The van der Waals surface area contributed by atoms with Crippen molar-refractivity contribution in [1.82, 2.24) is 20.2 Å². The first-order valence-corrected chi connectivity index (χ1v) is 6.24. The average Bonchev–Trinajstić information content (AvgIpc) is 2.66. The van der Waals surface area contributed by atoms with Crippen LogP contribution in [-0.4, -0.2) is 28.6 Å². The van der Waals surface area contributed by atoms with Crippen LogP contribution in [-0.2, 0) is 22.6 Å². The maximum absolute atomic E-state index is 11.8. The van der Waals surface area contributed by atoms with Crippen molar-refractivity contribution in [2.45, 2.75) is 10.9 Å². The van der Waals surface area contributed by atoms with Gasteiger partial charge in [0.05, 0.1) is 12.8 Å². The average molecular weight is 238 g/mol. The Balaban J connectivity index is 2.28. The van der Waals surface area contributed by atoms with Gasteiger partial charge >= 0.3 is 0 Å². The van der Waals surface area contributed by atoms with Crippen LogP contribution in [0.5, 0.6) is 0 Å². The molecule has 0 unspecified atom stereocenters. The van der Waals surface area contributed by atoms with E-state index in [1.807, 2.05) is 6.07 Å². The number of nitrogens with zero attached hydrogens (tertiary/aromatic N) is 4. The number of hydrogen-bond donors (Lipinski definition) is 0. The molecule has 16 heavy (non-hydrogen) atoms. The first-order valence-electron chi connectivity index (χ1n) is 4.58. The van der Waals surface area contributed by atoms with Gasteiger partial charge in [0.15, 0.2) is 0 Å². The van der Waals surface area contributed by atoms with Crippen molar-refractivity contribution in [2.24, 2.45) is 7.05 Å². The van der Waals surface area contributed by atoms with Crippen molar-refractivity contribution in [3.8, 4) is 0 Å². The van der Waals surface area contributed by atoms with Crippen molar-refractivity contribution in [1.29, 1.82) is 0 Å². The second kappa shape index (κ2) is 4.01. The molecule has 0 saturated carbocycles. The molecule has 0 amide bonds. The van der Waals surface area contributed by atoms with Crippen molar-refractivity contribution in [2.75, 3.05) is 0 Å². The van der Waals surface area contributed by atoms with Crippen LogP contribution in [0.2, 0.25) is 0 Å². The van der Waals surface area contributed by atoms with Gasteiger partial charge in [-0.15, -0.1) is 5.10 Å². The van der Waals surface area contributed by atoms with Gasteiger partial charge in [0, 0.05) is 0 Å². The van der Waals surface area contributed by atoms with Crippen molar-refractivity contribution >= 4 is 9.84 Å². The van der Waals surface area contributed by atoms with E-state index >= 15 is 0 Å². The van der Waals surface area contributed by atoms with E-state index < -0.39 is 9.84 Å². The Bertz CT molecular complexity index is 577. The molecule has 0 saturated heterocycles. The number of rotatable bonds is 3. The van der Waals surface area contributed by atoms with Gasteiger partial charge in [-0.3, -0.25) is 0 Å². The Kier molecular flexibility index (Phi) is 2.69. The van der Waals surface area contributed by atoms with Gasteiger partial charge in [-0.1, -0.05) is 35.4 Å². The minimum Gasteiger partial charge on any atom is -0.220 e. The summed E-state index contributed by atoms with van der Waals surface area (Å²) < 4.78 is 23.7. The highest BCUT2D eigenvalue weighted by Crippen LogP contribution is 2.10. The number of sulfone groups is 1. The monoisotopic (exact) mass is 238 g/mol. The van der Waals surface area contributed by atoms with Crippen LogP contribution in [0.15, 0.2) is 35.5 Å². The highest BCUT2D eigenvalue weighted by molar-refractivity contribution is 7.90. The van der Waals surface area contributed by atoms with Crippen LogP contribution in [0, 0.1) is 0 Å². The molecule has 1 aromatic carbocycles. The summed E-state index contributed by atoms with van der Waals surface area (Å²) >= 11 is 0. The van der Waals surface area contributed by atoms with Crippen LogP contribution in [0.3, 0.4) is 0 Å². The number of benzene rings is 1. The fourth-order valence-corrected chi connectivity index (χ4v) is 2.41. The van der Waals surface area contributed by atoms with Crippen LogP contribution >= 0.6 is 0 Å². The Hall–Kier alpha value is -1.76. The molecular weight excluding hydrogens is 228 g/mol. The molecule has 6 nitrogen and oxygen atoms in total. The Labute approximate surface area is 92.8 Å². The highest BCUT2D eigenvalue weighted by Gasteiger charge is 2.20. The lowest BCUT2D eigenvalue weighted by molar-refractivity contribution is 0.582. The molecule has 0 atom stereocenters. The SMILES string of the molecule is Cn1nnc(S(=O)(=O)Cc2ccccc2)n1. The fourth-order valence-electron chi connectivity index (χ4n) is 1.25. The van der Waals surface area contributed by atoms with Gasteiger partial charge in [-0.25, -0.2) is 8.42 Å². The standard InChI is InChI=1S/C9H10N4O2S/c1-13-11-9(10-12-13)16(14,15)7-8-5-3-2-4-6-8/h2-6H,7H2,1H3. The summed E-state index contributed by atoms with van der Waals surface area (Å²) in [6.07, 6.45) is 0. The smallest absolute Gasteiger partial charge is 0.220 e. The van der Waals surface area contributed by atoms with E-state index in [1.54, 1.807) is 24.3 Å². The van der Waals surface area contributed by atoms with Crippen molar-refractivity contribution in [3.05, 3.63) is 35.9 Å². The van der Waals surface area contributed by atoms with Gasteiger partial charge in [-0.2, -0.15) is 4.80 Å². The summed E-state index contributed by atoms with van der Waals surface area (Å²) in [7, 11) is -1.98. The predicted molar refractivity (Wildman–Crippen MR) is 56.1 cm³/mol. The fraction of sp³-hybridized carbons (Fsp3) is 0.222. The van der Waals surface area contributed by atoms with E-state index in [-0.39, 0.29) is 10.9 Å². The Morgan fingerprint density at radius 1 is 1.25 bits per heavy atom. The molecular formula is C9H10N4O2S. The zero-order valence-corrected chi connectivity index (χ0v) is 9.42. The summed E-state index contributed by atoms with van der Waals surface area (Å²) in [5.74, 6) is -0.112. The number of aryl methyl sites for hydroxylation is 1. The summed E-state index contributed by atoms with van der Waals surface area (Å²) in [6, 6.07) is 8.89. The molecule has 84 valence electrons. The molecule has 2 rings (SSSR count). The second-order valence-corrected chi connectivity index (χ2v) is 5.19. The lowest BCUT2D eigenvalue weighted by Gasteiger charge is -1.98. The molecule has 0 spiro atoms. The van der Waals surface area contributed by atoms with Gasteiger partial charge in [0.25, 0.3) is 5.16 Å². The minimum absolute atomic E-state index is 0.112. The quantitative estimate of drug-likeness (QED) is 0.762. The lowest BCUT2D eigenvalue weighted by atomic mass is 10.2. The molecule has 0 N–H and O–H groups in total. The van der Waals surface area contributed by atoms with E-state index in [0.29, 0.717) is 5.56 Å². The first kappa shape index (κ1) is 10.7. The summed E-state index contributed by atoms with van der Waals surface area (Å²) in [4.78, 5) is 1.12. The molecule has 7 heteroatoms. The molecule has 2 aromatic rings. The maximum Gasteiger partial charge on any atom is 0.288 e. The number of hydrogen-bond acceptors (Lipinski definition) is 5. The van der Waals surface area contributed by atoms with E-state index in [0.717, 1.165) is 4.80 Å². The van der Waals surface area contributed by atoms with E-state index in [4.69, 9.17) is 0 Å². The van der Waals surface area contributed by atoms with E-state index in [9.17, 15) is 8.42 Å². The zero-order valence-electron chi connectivity index (χ0n) is 8.61. The summed E-state index contributed by atoms with van der Waals surface area (Å²) in [5.41, 5.74) is 0.704. The highest BCUT2D eigenvalue weighted by atomic mass is 32.2. The third kappa shape index (κ3) is 2.25. The largest absolute Gasteiger partial charge is 0.288 e. The zero-order chi connectivity index (χ0) is 11.6. The second-order valence-electron chi connectivity index (χ2n) is 3.31. The third-order valence-electron chi connectivity index (χ3n) is 1.97. The molecule has 0 radical (unpaired) electrons. The van der Waals surface area contributed by atoms with Crippen LogP contribution in [0.1, 0.15) is 5.56 Å². The lowest BCUT2D eigenvalue weighted by Crippen LogP contribution is -2.07. The molecule has 1 aromatic heterocycles. The van der Waals surface area contributed by atoms with E-state index in [2.05, 4.69) is 15.4 Å². The van der Waals surface area contributed by atoms with Gasteiger partial charge in [0.1, 0.15) is 0 Å². The van der Waals surface area contributed by atoms with Gasteiger partial charge in [-0.05, 0) is 10.8 Å². The van der Waals surface area contributed by atoms with Crippen LogP contribution in [0.25, 0.3) is 0 Å². The molecule has 0 aliphatic heterocycles. The van der Waals surface area contributed by atoms with Crippen molar-refractivity contribution < 1.29 is 8.42 Å². The normalized spacial score (nSPS) is 11.6. The van der Waals surface area contributed by atoms with Gasteiger partial charge < -0.3 is 0 Å². The van der Waals surface area contributed by atoms with Crippen LogP contribution in [0.4, 0.5) is 0 Å². The Morgan fingerprint density at radius 3 is 2.50 bits per heavy atom. The maximum atomic E-state index is 11.8. The molecule has 0 aliphatic rings. The molecule has 0 aliphatic carbocycles. The summed E-state index contributed by atoms with van der Waals surface area (Å²) in [5, 5.41) is 10.4. The van der Waals surface area contributed by atoms with E-state index in [1.165, 1.54) is 7.05 Å². The number of tetrazole rings is 1. The minimum atomic E-state index is -3.50. The molecule has 0 fully saturated rings.